The third-order valence-electron chi connectivity index (χ3n) is 3.94. The van der Waals surface area contributed by atoms with Crippen LogP contribution in [0.3, 0.4) is 0 Å². The van der Waals surface area contributed by atoms with Crippen LogP contribution in [0.5, 0.6) is 0 Å². The van der Waals surface area contributed by atoms with Crippen LogP contribution in [0.2, 0.25) is 5.02 Å². The second-order valence-corrected chi connectivity index (χ2v) is 6.57. The number of carbonyl (C=O) groups is 1. The van der Waals surface area contributed by atoms with Crippen molar-refractivity contribution in [1.82, 2.24) is 10.2 Å². The zero-order valence-electron chi connectivity index (χ0n) is 12.9. The van der Waals surface area contributed by atoms with E-state index in [4.69, 9.17) is 11.6 Å². The van der Waals surface area contributed by atoms with Crippen LogP contribution in [0, 0.1) is 5.92 Å². The van der Waals surface area contributed by atoms with E-state index in [1.807, 2.05) is 29.2 Å². The van der Waals surface area contributed by atoms with Crippen LogP contribution in [0.1, 0.15) is 51.1 Å². The van der Waals surface area contributed by atoms with Crippen LogP contribution in [0.4, 0.5) is 4.79 Å². The Kier molecular flexibility index (Phi) is 5.92. The fourth-order valence-electron chi connectivity index (χ4n) is 2.81. The van der Waals surface area contributed by atoms with Gasteiger partial charge in [-0.05, 0) is 30.4 Å². The highest BCUT2D eigenvalue weighted by Crippen LogP contribution is 2.34. The minimum Gasteiger partial charge on any atom is -0.338 e. The van der Waals surface area contributed by atoms with Gasteiger partial charge in [0.1, 0.15) is 0 Å². The molecule has 2 rings (SSSR count). The summed E-state index contributed by atoms with van der Waals surface area (Å²) in [6, 6.07) is 8.01. The van der Waals surface area contributed by atoms with Gasteiger partial charge in [-0.15, -0.1) is 0 Å². The van der Waals surface area contributed by atoms with Gasteiger partial charge in [-0.3, -0.25) is 0 Å². The van der Waals surface area contributed by atoms with Gasteiger partial charge in [0.15, 0.2) is 0 Å². The van der Waals surface area contributed by atoms with Gasteiger partial charge in [-0.2, -0.15) is 0 Å². The van der Waals surface area contributed by atoms with E-state index in [-0.39, 0.29) is 12.1 Å². The summed E-state index contributed by atoms with van der Waals surface area (Å²) in [6.45, 7) is 5.73. The highest BCUT2D eigenvalue weighted by atomic mass is 35.5. The molecule has 4 heteroatoms. The zero-order valence-corrected chi connectivity index (χ0v) is 13.7. The molecule has 1 heterocycles. The number of urea groups is 1. The predicted molar refractivity (Wildman–Crippen MR) is 87.6 cm³/mol. The Labute approximate surface area is 132 Å². The largest absolute Gasteiger partial charge is 0.338 e. The van der Waals surface area contributed by atoms with Gasteiger partial charge < -0.3 is 10.2 Å². The molecule has 0 bridgehead atoms. The summed E-state index contributed by atoms with van der Waals surface area (Å²) in [4.78, 5) is 14.5. The van der Waals surface area contributed by atoms with E-state index in [2.05, 4.69) is 19.2 Å². The second kappa shape index (κ2) is 7.69. The molecule has 0 spiro atoms. The number of halogens is 1. The van der Waals surface area contributed by atoms with Gasteiger partial charge >= 0.3 is 6.03 Å². The predicted octanol–water partition coefficient (Wildman–Crippen LogP) is 4.62. The molecule has 116 valence electrons. The number of hydrogen-bond donors (Lipinski definition) is 1. The molecular formula is C17H25ClN2O. The first kappa shape index (κ1) is 16.2. The third-order valence-corrected chi connectivity index (χ3v) is 4.28. The van der Waals surface area contributed by atoms with Crippen molar-refractivity contribution in [3.05, 3.63) is 34.9 Å². The van der Waals surface area contributed by atoms with Crippen molar-refractivity contribution in [3.8, 4) is 0 Å². The average molecular weight is 309 g/mol. The molecule has 1 aliphatic heterocycles. The van der Waals surface area contributed by atoms with Crippen LogP contribution in [-0.4, -0.2) is 24.0 Å². The first-order valence-electron chi connectivity index (χ1n) is 7.88. The van der Waals surface area contributed by atoms with Crippen LogP contribution in [0.25, 0.3) is 0 Å². The average Bonchev–Trinajstić information content (AvgIpc) is 2.71. The van der Waals surface area contributed by atoms with Crippen molar-refractivity contribution in [2.75, 3.05) is 13.1 Å². The highest BCUT2D eigenvalue weighted by Gasteiger charge is 2.27. The Bertz CT molecular complexity index is 476. The zero-order chi connectivity index (χ0) is 15.2. The molecule has 2 amide bonds. The van der Waals surface area contributed by atoms with Crippen LogP contribution in [0.15, 0.2) is 24.3 Å². The first-order valence-corrected chi connectivity index (χ1v) is 8.26. The van der Waals surface area contributed by atoms with E-state index in [0.29, 0.717) is 12.5 Å². The van der Waals surface area contributed by atoms with Crippen LogP contribution in [-0.2, 0) is 0 Å². The van der Waals surface area contributed by atoms with E-state index < -0.39 is 0 Å². The third kappa shape index (κ3) is 4.37. The van der Waals surface area contributed by atoms with Crippen molar-refractivity contribution in [1.29, 1.82) is 0 Å². The summed E-state index contributed by atoms with van der Waals surface area (Å²) < 4.78 is 0. The van der Waals surface area contributed by atoms with Crippen molar-refractivity contribution in [3.63, 3.8) is 0 Å². The normalized spacial score (nSPS) is 19.4. The molecule has 1 aromatic carbocycles. The van der Waals surface area contributed by atoms with Gasteiger partial charge in [-0.25, -0.2) is 4.79 Å². The summed E-state index contributed by atoms with van der Waals surface area (Å²) in [7, 11) is 0. The molecular weight excluding hydrogens is 284 g/mol. The number of likely N-dealkylation sites (tertiary alicyclic amines) is 1. The number of rotatable bonds is 3. The minimum absolute atomic E-state index is 0.0375. The molecule has 0 saturated carbocycles. The van der Waals surface area contributed by atoms with Crippen molar-refractivity contribution >= 4 is 17.6 Å². The quantitative estimate of drug-likeness (QED) is 0.868. The van der Waals surface area contributed by atoms with Gasteiger partial charge in [0.05, 0.1) is 6.04 Å². The fraction of sp³-hybridized carbons (Fsp3) is 0.588. The lowest BCUT2D eigenvalue weighted by Gasteiger charge is -2.31. The summed E-state index contributed by atoms with van der Waals surface area (Å²) in [6.07, 6.45) is 4.37. The molecule has 0 radical (unpaired) electrons. The molecule has 0 aromatic heterocycles. The van der Waals surface area contributed by atoms with Crippen LogP contribution < -0.4 is 5.32 Å². The monoisotopic (exact) mass is 308 g/mol. The lowest BCUT2D eigenvalue weighted by Crippen LogP contribution is -2.43. The standard InChI is InChI=1S/C17H25ClN2O/c1-13(2)12-19-17(21)20-11-7-3-4-10-16(20)14-8-5-6-9-15(14)18/h5-6,8-9,13,16H,3-4,7,10-12H2,1-2H3,(H,19,21)/t16-/m0/s1. The maximum Gasteiger partial charge on any atom is 0.317 e. The lowest BCUT2D eigenvalue weighted by molar-refractivity contribution is 0.174. The summed E-state index contributed by atoms with van der Waals surface area (Å²) in [5.41, 5.74) is 1.07. The number of benzene rings is 1. The maximum absolute atomic E-state index is 12.5. The SMILES string of the molecule is CC(C)CNC(=O)N1CCCCC[C@H]1c1ccccc1Cl. The topological polar surface area (TPSA) is 32.3 Å². The first-order chi connectivity index (χ1) is 10.1. The van der Waals surface area contributed by atoms with Gasteiger partial charge in [-0.1, -0.05) is 56.5 Å². The second-order valence-electron chi connectivity index (χ2n) is 6.16. The van der Waals surface area contributed by atoms with Gasteiger partial charge in [0.2, 0.25) is 0 Å². The fourth-order valence-corrected chi connectivity index (χ4v) is 3.07. The molecule has 3 nitrogen and oxygen atoms in total. The molecule has 21 heavy (non-hydrogen) atoms. The molecule has 0 aliphatic carbocycles. The van der Waals surface area contributed by atoms with Crippen molar-refractivity contribution in [2.24, 2.45) is 5.92 Å². The number of nitrogens with zero attached hydrogens (tertiary/aromatic N) is 1. The minimum atomic E-state index is 0.0375. The van der Waals surface area contributed by atoms with Crippen LogP contribution >= 0.6 is 11.6 Å². The molecule has 0 unspecified atom stereocenters. The molecule has 1 atom stereocenters. The van der Waals surface area contributed by atoms with Gasteiger partial charge in [0, 0.05) is 18.1 Å². The molecule has 1 saturated heterocycles. The molecule has 1 aliphatic rings. The Hall–Kier alpha value is -1.22. The molecule has 1 fully saturated rings. The Balaban J connectivity index is 2.18. The van der Waals surface area contributed by atoms with Gasteiger partial charge in [0.25, 0.3) is 0 Å². The Morgan fingerprint density at radius 1 is 1.33 bits per heavy atom. The molecule has 1 N–H and O–H groups in total. The number of nitrogens with one attached hydrogen (secondary N) is 1. The maximum atomic E-state index is 12.5. The number of amides is 2. The summed E-state index contributed by atoms with van der Waals surface area (Å²) in [5.74, 6) is 0.458. The summed E-state index contributed by atoms with van der Waals surface area (Å²) in [5, 5.41) is 3.80. The number of hydrogen-bond acceptors (Lipinski definition) is 1. The Morgan fingerprint density at radius 2 is 2.10 bits per heavy atom. The highest BCUT2D eigenvalue weighted by molar-refractivity contribution is 6.31. The Morgan fingerprint density at radius 3 is 2.81 bits per heavy atom. The van der Waals surface area contributed by atoms with E-state index in [0.717, 1.165) is 36.4 Å². The van der Waals surface area contributed by atoms with Crippen molar-refractivity contribution in [2.45, 2.75) is 45.6 Å². The van der Waals surface area contributed by atoms with E-state index in [9.17, 15) is 4.79 Å². The molecule has 1 aromatic rings. The van der Waals surface area contributed by atoms with E-state index in [1.165, 1.54) is 6.42 Å². The number of carbonyl (C=O) groups excluding carboxylic acids is 1. The van der Waals surface area contributed by atoms with E-state index in [1.54, 1.807) is 0 Å². The lowest BCUT2D eigenvalue weighted by atomic mass is 10.0. The smallest absolute Gasteiger partial charge is 0.317 e. The van der Waals surface area contributed by atoms with Crippen molar-refractivity contribution < 1.29 is 4.79 Å². The van der Waals surface area contributed by atoms with E-state index >= 15 is 0 Å². The summed E-state index contributed by atoms with van der Waals surface area (Å²) >= 11 is 6.35.